The van der Waals surface area contributed by atoms with Gasteiger partial charge in [0.25, 0.3) is 0 Å². The summed E-state index contributed by atoms with van der Waals surface area (Å²) in [6, 6.07) is 4.14. The lowest BCUT2D eigenvalue weighted by Crippen LogP contribution is -2.21. The molecule has 0 unspecified atom stereocenters. The van der Waals surface area contributed by atoms with Crippen LogP contribution in [-0.2, 0) is 17.8 Å². The Hall–Kier alpha value is -1.41. The third kappa shape index (κ3) is 1.81. The van der Waals surface area contributed by atoms with Crippen LogP contribution in [0, 0.1) is 5.41 Å². The molecule has 0 amide bonds. The second-order valence-electron chi connectivity index (χ2n) is 4.09. The molecular weight excluding hydrogens is 198 g/mol. The molecule has 0 aromatic heterocycles. The van der Waals surface area contributed by atoms with Crippen molar-refractivity contribution < 1.29 is 4.74 Å². The van der Waals surface area contributed by atoms with E-state index in [0.717, 1.165) is 29.5 Å². The number of nitrogens with one attached hydrogen (secondary N) is 1. The summed E-state index contributed by atoms with van der Waals surface area (Å²) in [5, 5.41) is 8.00. The SMILES string of the molecule is C=Cc1ccc2c(c1CCC)C(=N)COC2. The van der Waals surface area contributed by atoms with Crippen molar-refractivity contribution >= 4 is 11.8 Å². The lowest BCUT2D eigenvalue weighted by molar-refractivity contribution is 0.151. The molecule has 84 valence electrons. The first kappa shape index (κ1) is 11.1. The van der Waals surface area contributed by atoms with Gasteiger partial charge in [-0.25, -0.2) is 0 Å². The number of ether oxygens (including phenoxy) is 1. The summed E-state index contributed by atoms with van der Waals surface area (Å²) < 4.78 is 5.36. The van der Waals surface area contributed by atoms with Crippen LogP contribution in [0.15, 0.2) is 18.7 Å². The van der Waals surface area contributed by atoms with Gasteiger partial charge in [0.1, 0.15) is 0 Å². The Kier molecular flexibility index (Phi) is 3.20. The first-order chi connectivity index (χ1) is 7.77. The number of benzene rings is 1. The highest BCUT2D eigenvalue weighted by molar-refractivity contribution is 6.03. The summed E-state index contributed by atoms with van der Waals surface area (Å²) in [5.74, 6) is 0. The number of rotatable bonds is 3. The monoisotopic (exact) mass is 215 g/mol. The molecule has 0 aliphatic carbocycles. The van der Waals surface area contributed by atoms with Gasteiger partial charge in [-0.15, -0.1) is 0 Å². The van der Waals surface area contributed by atoms with E-state index in [1.807, 2.05) is 6.08 Å². The average molecular weight is 215 g/mol. The van der Waals surface area contributed by atoms with Crippen molar-refractivity contribution in [1.29, 1.82) is 5.41 Å². The third-order valence-electron chi connectivity index (χ3n) is 2.96. The Morgan fingerprint density at radius 2 is 2.25 bits per heavy atom. The molecule has 0 saturated heterocycles. The molecule has 0 spiro atoms. The highest BCUT2D eigenvalue weighted by Gasteiger charge is 2.19. The van der Waals surface area contributed by atoms with Crippen molar-refractivity contribution in [2.45, 2.75) is 26.4 Å². The summed E-state index contributed by atoms with van der Waals surface area (Å²) in [6.07, 6.45) is 3.98. The second-order valence-corrected chi connectivity index (χ2v) is 4.09. The molecule has 16 heavy (non-hydrogen) atoms. The van der Waals surface area contributed by atoms with Crippen molar-refractivity contribution in [2.75, 3.05) is 6.61 Å². The van der Waals surface area contributed by atoms with Crippen LogP contribution in [0.5, 0.6) is 0 Å². The van der Waals surface area contributed by atoms with Crippen molar-refractivity contribution in [3.8, 4) is 0 Å². The fraction of sp³-hybridized carbons (Fsp3) is 0.357. The van der Waals surface area contributed by atoms with E-state index in [1.54, 1.807) is 0 Å². The van der Waals surface area contributed by atoms with Gasteiger partial charge in [0.15, 0.2) is 0 Å². The van der Waals surface area contributed by atoms with Crippen LogP contribution in [0.25, 0.3) is 6.08 Å². The molecule has 1 N–H and O–H groups in total. The minimum absolute atomic E-state index is 0.435. The molecule has 0 radical (unpaired) electrons. The minimum Gasteiger partial charge on any atom is -0.370 e. The van der Waals surface area contributed by atoms with Crippen molar-refractivity contribution in [2.24, 2.45) is 0 Å². The molecule has 0 fully saturated rings. The molecule has 2 heteroatoms. The molecule has 1 aliphatic rings. The third-order valence-corrected chi connectivity index (χ3v) is 2.96. The second kappa shape index (κ2) is 4.62. The van der Waals surface area contributed by atoms with Crippen molar-refractivity contribution in [3.05, 3.63) is 41.0 Å². The van der Waals surface area contributed by atoms with Gasteiger partial charge in [-0.05, 0) is 23.1 Å². The van der Waals surface area contributed by atoms with Crippen molar-refractivity contribution in [1.82, 2.24) is 0 Å². The number of fused-ring (bicyclic) bond motifs is 1. The smallest absolute Gasteiger partial charge is 0.0891 e. The Balaban J connectivity index is 2.60. The highest BCUT2D eigenvalue weighted by Crippen LogP contribution is 2.26. The lowest BCUT2D eigenvalue weighted by atomic mass is 9.89. The van der Waals surface area contributed by atoms with Crippen LogP contribution in [0.4, 0.5) is 0 Å². The number of hydrogen-bond acceptors (Lipinski definition) is 2. The topological polar surface area (TPSA) is 33.1 Å². The summed E-state index contributed by atoms with van der Waals surface area (Å²) in [5.41, 5.74) is 5.28. The highest BCUT2D eigenvalue weighted by atomic mass is 16.5. The normalized spacial score (nSPS) is 14.7. The zero-order valence-corrected chi connectivity index (χ0v) is 9.68. The standard InChI is InChI=1S/C14H17NO/c1-3-5-12-10(4-2)6-7-11-8-16-9-13(15)14(11)12/h4,6-7,15H,2-3,5,8-9H2,1H3. The quantitative estimate of drug-likeness (QED) is 0.825. The minimum atomic E-state index is 0.435. The van der Waals surface area contributed by atoms with E-state index in [4.69, 9.17) is 10.1 Å². The van der Waals surface area contributed by atoms with E-state index < -0.39 is 0 Å². The summed E-state index contributed by atoms with van der Waals surface area (Å²) >= 11 is 0. The van der Waals surface area contributed by atoms with E-state index >= 15 is 0 Å². The average Bonchev–Trinajstić information content (AvgIpc) is 2.30. The van der Waals surface area contributed by atoms with Crippen LogP contribution in [0.3, 0.4) is 0 Å². The molecule has 0 bridgehead atoms. The fourth-order valence-corrected chi connectivity index (χ4v) is 2.25. The van der Waals surface area contributed by atoms with Gasteiger partial charge in [0, 0.05) is 5.56 Å². The van der Waals surface area contributed by atoms with Gasteiger partial charge in [0.2, 0.25) is 0 Å². The molecule has 1 aromatic carbocycles. The van der Waals surface area contributed by atoms with Crippen LogP contribution in [-0.4, -0.2) is 12.3 Å². The van der Waals surface area contributed by atoms with E-state index in [9.17, 15) is 0 Å². The first-order valence-electron chi connectivity index (χ1n) is 5.70. The number of hydrogen-bond donors (Lipinski definition) is 1. The fourth-order valence-electron chi connectivity index (χ4n) is 2.25. The van der Waals surface area contributed by atoms with Gasteiger partial charge < -0.3 is 10.1 Å². The molecule has 0 saturated carbocycles. The molecule has 0 atom stereocenters. The first-order valence-corrected chi connectivity index (χ1v) is 5.70. The van der Waals surface area contributed by atoms with Crippen molar-refractivity contribution in [3.63, 3.8) is 0 Å². The van der Waals surface area contributed by atoms with Crippen LogP contribution in [0.2, 0.25) is 0 Å². The summed E-state index contributed by atoms with van der Waals surface area (Å²) in [4.78, 5) is 0. The predicted molar refractivity (Wildman–Crippen MR) is 67.0 cm³/mol. The summed E-state index contributed by atoms with van der Waals surface area (Å²) in [6.45, 7) is 7.07. The summed E-state index contributed by atoms with van der Waals surface area (Å²) in [7, 11) is 0. The Labute approximate surface area is 96.5 Å². The molecule has 1 heterocycles. The Morgan fingerprint density at radius 1 is 1.44 bits per heavy atom. The maximum Gasteiger partial charge on any atom is 0.0891 e. The molecular formula is C14H17NO. The van der Waals surface area contributed by atoms with Crippen LogP contribution in [0.1, 0.15) is 35.6 Å². The van der Waals surface area contributed by atoms with E-state index in [2.05, 4.69) is 25.6 Å². The predicted octanol–water partition coefficient (Wildman–Crippen LogP) is 3.18. The molecule has 1 aliphatic heterocycles. The van der Waals surface area contributed by atoms with Gasteiger partial charge >= 0.3 is 0 Å². The van der Waals surface area contributed by atoms with Gasteiger partial charge in [0.05, 0.1) is 18.9 Å². The molecule has 1 aromatic rings. The molecule has 2 nitrogen and oxygen atoms in total. The largest absolute Gasteiger partial charge is 0.370 e. The maximum atomic E-state index is 8.00. The zero-order chi connectivity index (χ0) is 11.5. The van der Waals surface area contributed by atoms with Gasteiger partial charge in [-0.1, -0.05) is 38.1 Å². The Bertz CT molecular complexity index is 435. The van der Waals surface area contributed by atoms with E-state index in [0.29, 0.717) is 18.9 Å². The van der Waals surface area contributed by atoms with Crippen LogP contribution < -0.4 is 0 Å². The van der Waals surface area contributed by atoms with E-state index in [-0.39, 0.29) is 0 Å². The maximum absolute atomic E-state index is 8.00. The van der Waals surface area contributed by atoms with Crippen LogP contribution >= 0.6 is 0 Å². The van der Waals surface area contributed by atoms with Gasteiger partial charge in [-0.2, -0.15) is 0 Å². The Morgan fingerprint density at radius 3 is 2.94 bits per heavy atom. The van der Waals surface area contributed by atoms with Gasteiger partial charge in [-0.3, -0.25) is 0 Å². The zero-order valence-electron chi connectivity index (χ0n) is 9.68. The molecule has 2 rings (SSSR count). The van der Waals surface area contributed by atoms with E-state index in [1.165, 1.54) is 5.56 Å². The lowest BCUT2D eigenvalue weighted by Gasteiger charge is -2.22.